The van der Waals surface area contributed by atoms with Crippen LogP contribution in [0.15, 0.2) is 18.2 Å². The lowest BCUT2D eigenvalue weighted by atomic mass is 10.0. The Balaban J connectivity index is 3.04. The Morgan fingerprint density at radius 1 is 1.39 bits per heavy atom. The van der Waals surface area contributed by atoms with Crippen LogP contribution in [-0.4, -0.2) is 27.0 Å². The fourth-order valence-corrected chi connectivity index (χ4v) is 2.77. The first-order chi connectivity index (χ1) is 8.33. The Kier molecular flexibility index (Phi) is 5.28. The van der Waals surface area contributed by atoms with Crippen LogP contribution in [0.1, 0.15) is 30.5 Å². The summed E-state index contributed by atoms with van der Waals surface area (Å²) in [7, 11) is -3.12. The highest BCUT2D eigenvalue weighted by molar-refractivity contribution is 7.90. The molecule has 1 aromatic rings. The number of rotatable bonds is 6. The zero-order chi connectivity index (χ0) is 13.8. The van der Waals surface area contributed by atoms with Crippen LogP contribution < -0.4 is 5.32 Å². The predicted octanol–water partition coefficient (Wildman–Crippen LogP) is 2.22. The lowest BCUT2D eigenvalue weighted by molar-refractivity contribution is 0.543. The van der Waals surface area contributed by atoms with Gasteiger partial charge in [0.05, 0.1) is 5.75 Å². The van der Waals surface area contributed by atoms with E-state index in [0.29, 0.717) is 12.1 Å². The minimum atomic E-state index is -3.12. The second kappa shape index (κ2) is 6.29. The van der Waals surface area contributed by atoms with E-state index in [-0.39, 0.29) is 17.6 Å². The van der Waals surface area contributed by atoms with Gasteiger partial charge in [-0.25, -0.2) is 12.8 Å². The zero-order valence-electron chi connectivity index (χ0n) is 11.0. The lowest BCUT2D eigenvalue weighted by Crippen LogP contribution is -2.29. The van der Waals surface area contributed by atoms with E-state index in [1.165, 1.54) is 18.4 Å². The van der Waals surface area contributed by atoms with E-state index in [0.717, 1.165) is 12.0 Å². The summed E-state index contributed by atoms with van der Waals surface area (Å²) in [5, 5.41) is 3.16. The van der Waals surface area contributed by atoms with E-state index in [4.69, 9.17) is 0 Å². The first-order valence-electron chi connectivity index (χ1n) is 6.00. The molecule has 0 fully saturated rings. The van der Waals surface area contributed by atoms with Gasteiger partial charge < -0.3 is 5.32 Å². The highest BCUT2D eigenvalue weighted by atomic mass is 32.2. The van der Waals surface area contributed by atoms with Crippen molar-refractivity contribution >= 4 is 9.84 Å². The van der Waals surface area contributed by atoms with Crippen LogP contribution in [0.4, 0.5) is 4.39 Å². The van der Waals surface area contributed by atoms with Crippen molar-refractivity contribution in [2.45, 2.75) is 26.3 Å². The van der Waals surface area contributed by atoms with Crippen molar-refractivity contribution < 1.29 is 12.8 Å². The molecule has 0 spiro atoms. The SMILES string of the molecule is CCCNC(CS(C)(=O)=O)c1cc(F)ccc1C. The molecule has 18 heavy (non-hydrogen) atoms. The third-order valence-electron chi connectivity index (χ3n) is 2.73. The summed E-state index contributed by atoms with van der Waals surface area (Å²) in [5.74, 6) is -0.357. The van der Waals surface area contributed by atoms with Gasteiger partial charge in [-0.05, 0) is 43.1 Å². The van der Waals surface area contributed by atoms with Gasteiger partial charge in [-0.2, -0.15) is 0 Å². The summed E-state index contributed by atoms with van der Waals surface area (Å²) >= 11 is 0. The largest absolute Gasteiger partial charge is 0.309 e. The smallest absolute Gasteiger partial charge is 0.149 e. The molecule has 0 aliphatic rings. The van der Waals surface area contributed by atoms with Crippen molar-refractivity contribution in [1.29, 1.82) is 0 Å². The van der Waals surface area contributed by atoms with Crippen LogP contribution >= 0.6 is 0 Å². The van der Waals surface area contributed by atoms with Gasteiger partial charge in [0.2, 0.25) is 0 Å². The monoisotopic (exact) mass is 273 g/mol. The molecule has 0 aromatic heterocycles. The number of sulfone groups is 1. The molecule has 0 saturated heterocycles. The van der Waals surface area contributed by atoms with Gasteiger partial charge in [-0.1, -0.05) is 13.0 Å². The molecular formula is C13H20FNO2S. The van der Waals surface area contributed by atoms with Gasteiger partial charge in [0, 0.05) is 12.3 Å². The van der Waals surface area contributed by atoms with E-state index in [9.17, 15) is 12.8 Å². The number of nitrogens with one attached hydrogen (secondary N) is 1. The Bertz CT molecular complexity index is 500. The molecule has 0 bridgehead atoms. The predicted molar refractivity (Wildman–Crippen MR) is 71.9 cm³/mol. The maximum absolute atomic E-state index is 13.3. The van der Waals surface area contributed by atoms with E-state index < -0.39 is 9.84 Å². The van der Waals surface area contributed by atoms with Crippen molar-refractivity contribution in [2.75, 3.05) is 18.6 Å². The van der Waals surface area contributed by atoms with E-state index >= 15 is 0 Å². The minimum absolute atomic E-state index is 0.0166. The molecule has 1 atom stereocenters. The second-order valence-corrected chi connectivity index (χ2v) is 6.78. The number of hydrogen-bond donors (Lipinski definition) is 1. The number of halogens is 1. The summed E-state index contributed by atoms with van der Waals surface area (Å²) in [6, 6.07) is 4.12. The van der Waals surface area contributed by atoms with Crippen LogP contribution in [0.3, 0.4) is 0 Å². The summed E-state index contributed by atoms with van der Waals surface area (Å²) in [4.78, 5) is 0. The van der Waals surface area contributed by atoms with Crippen molar-refractivity contribution in [3.05, 3.63) is 35.1 Å². The third kappa shape index (κ3) is 4.74. The van der Waals surface area contributed by atoms with Gasteiger partial charge in [0.25, 0.3) is 0 Å². The van der Waals surface area contributed by atoms with Crippen LogP contribution in [0.5, 0.6) is 0 Å². The summed E-state index contributed by atoms with van der Waals surface area (Å²) in [6.45, 7) is 4.57. The molecule has 0 saturated carbocycles. The maximum Gasteiger partial charge on any atom is 0.149 e. The van der Waals surface area contributed by atoms with Crippen LogP contribution in [0.2, 0.25) is 0 Å². The molecule has 3 nitrogen and oxygen atoms in total. The lowest BCUT2D eigenvalue weighted by Gasteiger charge is -2.20. The summed E-state index contributed by atoms with van der Waals surface area (Å²) in [6.07, 6.45) is 2.09. The quantitative estimate of drug-likeness (QED) is 0.864. The highest BCUT2D eigenvalue weighted by Crippen LogP contribution is 2.20. The fraction of sp³-hybridized carbons (Fsp3) is 0.538. The summed E-state index contributed by atoms with van der Waals surface area (Å²) in [5.41, 5.74) is 1.61. The highest BCUT2D eigenvalue weighted by Gasteiger charge is 2.18. The normalized spacial score (nSPS) is 13.6. The van der Waals surface area contributed by atoms with Gasteiger partial charge in [0.1, 0.15) is 15.7 Å². The molecule has 0 heterocycles. The Morgan fingerprint density at radius 3 is 2.61 bits per heavy atom. The molecule has 1 unspecified atom stereocenters. The molecule has 102 valence electrons. The third-order valence-corrected chi connectivity index (χ3v) is 3.67. The van der Waals surface area contributed by atoms with E-state index in [2.05, 4.69) is 5.32 Å². The van der Waals surface area contributed by atoms with Gasteiger partial charge in [-0.15, -0.1) is 0 Å². The Morgan fingerprint density at radius 2 is 2.06 bits per heavy atom. The van der Waals surface area contributed by atoms with Crippen molar-refractivity contribution in [3.63, 3.8) is 0 Å². The Hall–Kier alpha value is -0.940. The molecule has 0 radical (unpaired) electrons. The average Bonchev–Trinajstić information content (AvgIpc) is 2.26. The summed E-state index contributed by atoms with van der Waals surface area (Å²) < 4.78 is 36.2. The zero-order valence-corrected chi connectivity index (χ0v) is 11.8. The van der Waals surface area contributed by atoms with Crippen molar-refractivity contribution in [2.24, 2.45) is 0 Å². The van der Waals surface area contributed by atoms with Crippen LogP contribution in [0, 0.1) is 12.7 Å². The fourth-order valence-electron chi connectivity index (χ4n) is 1.87. The molecule has 1 rings (SSSR count). The van der Waals surface area contributed by atoms with E-state index in [1.807, 2.05) is 13.8 Å². The average molecular weight is 273 g/mol. The van der Waals surface area contributed by atoms with Crippen molar-refractivity contribution in [3.8, 4) is 0 Å². The molecule has 0 aliphatic carbocycles. The number of hydrogen-bond acceptors (Lipinski definition) is 3. The van der Waals surface area contributed by atoms with Gasteiger partial charge in [-0.3, -0.25) is 0 Å². The molecule has 1 N–H and O–H groups in total. The standard InChI is InChI=1S/C13H20FNO2S/c1-4-7-15-13(9-18(3,16)17)12-8-11(14)6-5-10(12)2/h5-6,8,13,15H,4,7,9H2,1-3H3. The first-order valence-corrected chi connectivity index (χ1v) is 8.06. The molecule has 0 amide bonds. The van der Waals surface area contributed by atoms with Crippen LogP contribution in [0.25, 0.3) is 0 Å². The maximum atomic E-state index is 13.3. The topological polar surface area (TPSA) is 46.2 Å². The second-order valence-electron chi connectivity index (χ2n) is 4.60. The molecule has 0 aliphatic heterocycles. The number of aryl methyl sites for hydroxylation is 1. The van der Waals surface area contributed by atoms with Crippen molar-refractivity contribution in [1.82, 2.24) is 5.32 Å². The molecular weight excluding hydrogens is 253 g/mol. The van der Waals surface area contributed by atoms with Crippen LogP contribution in [-0.2, 0) is 9.84 Å². The molecule has 5 heteroatoms. The number of benzene rings is 1. The molecule has 1 aromatic carbocycles. The van der Waals surface area contributed by atoms with Gasteiger partial charge >= 0.3 is 0 Å². The minimum Gasteiger partial charge on any atom is -0.309 e. The Labute approximate surface area is 108 Å². The van der Waals surface area contributed by atoms with Gasteiger partial charge in [0.15, 0.2) is 0 Å². The van der Waals surface area contributed by atoms with E-state index in [1.54, 1.807) is 6.07 Å². The first kappa shape index (κ1) is 15.1.